The Bertz CT molecular complexity index is 598. The zero-order chi connectivity index (χ0) is 20.6. The summed E-state index contributed by atoms with van der Waals surface area (Å²) in [7, 11) is -11.1. The normalized spacial score (nSPS) is 12.4. The van der Waals surface area contributed by atoms with Crippen molar-refractivity contribution in [3.8, 4) is 0 Å². The van der Waals surface area contributed by atoms with E-state index in [-0.39, 0.29) is 30.3 Å². The van der Waals surface area contributed by atoms with Crippen molar-refractivity contribution in [1.82, 2.24) is 16.1 Å². The van der Waals surface area contributed by atoms with Gasteiger partial charge in [-0.25, -0.2) is 4.79 Å². The summed E-state index contributed by atoms with van der Waals surface area (Å²) in [6.07, 6.45) is -1.37. The zero-order valence-electron chi connectivity index (χ0n) is 13.2. The van der Waals surface area contributed by atoms with Crippen LogP contribution in [0.25, 0.3) is 0 Å². The van der Waals surface area contributed by atoms with Crippen LogP contribution >= 0.6 is 26.8 Å². The Morgan fingerprint density at radius 2 is 1.62 bits per heavy atom. The lowest BCUT2D eigenvalue weighted by Gasteiger charge is -2.29. The third kappa shape index (κ3) is 8.06. The van der Waals surface area contributed by atoms with Crippen LogP contribution in [0.1, 0.15) is 12.8 Å². The number of aliphatic hydroxyl groups is 1. The Kier molecular flexibility index (Phi) is 9.84. The summed E-state index contributed by atoms with van der Waals surface area (Å²) in [6, 6.07) is -0.974. The van der Waals surface area contributed by atoms with E-state index in [1.54, 1.807) is 0 Å². The number of carbonyl (C=O) groups is 2. The highest BCUT2D eigenvalue weighted by Crippen LogP contribution is 2.69. The number of carbonyl (C=O) groups excluding carboxylic acids is 2. The van der Waals surface area contributed by atoms with E-state index in [1.807, 2.05) is 10.7 Å². The van der Waals surface area contributed by atoms with E-state index in [2.05, 4.69) is 5.32 Å². The van der Waals surface area contributed by atoms with E-state index >= 15 is 0 Å². The molecule has 0 aromatic heterocycles. The van der Waals surface area contributed by atoms with Crippen molar-refractivity contribution in [2.24, 2.45) is 0 Å². The SMILES string of the molecule is O=C(CNC(=O)N[N+](=O)CCCl)NCCCC(O)(P(=O)(O)O)P(=O)(O)O. The summed E-state index contributed by atoms with van der Waals surface area (Å²) in [5.74, 6) is -0.786. The van der Waals surface area contributed by atoms with Crippen molar-refractivity contribution >= 4 is 38.7 Å². The largest absolute Gasteiger partial charge is 0.371 e. The molecule has 0 rings (SSSR count). The molecule has 0 saturated heterocycles. The van der Waals surface area contributed by atoms with Gasteiger partial charge in [0, 0.05) is 13.0 Å². The molecule has 3 amide bonds. The van der Waals surface area contributed by atoms with Crippen LogP contribution in [0.4, 0.5) is 4.79 Å². The lowest BCUT2D eigenvalue weighted by molar-refractivity contribution is -0.588. The highest BCUT2D eigenvalue weighted by molar-refractivity contribution is 7.72. The number of nitrogens with one attached hydrogen (secondary N) is 3. The number of urea groups is 1. The molecule has 0 spiro atoms. The number of halogens is 1. The van der Waals surface area contributed by atoms with Gasteiger partial charge in [0.2, 0.25) is 12.5 Å². The van der Waals surface area contributed by atoms with E-state index in [4.69, 9.17) is 31.2 Å². The van der Waals surface area contributed by atoms with Crippen molar-refractivity contribution in [2.45, 2.75) is 17.9 Å². The van der Waals surface area contributed by atoms with Crippen LogP contribution in [-0.4, -0.2) is 72.1 Å². The molecule has 0 heterocycles. The molecule has 0 bridgehead atoms. The maximum absolute atomic E-state index is 11.4. The van der Waals surface area contributed by atoms with Gasteiger partial charge in [-0.15, -0.1) is 11.6 Å². The van der Waals surface area contributed by atoms with E-state index in [0.29, 0.717) is 0 Å². The molecule has 0 aliphatic heterocycles. The molecule has 0 aliphatic rings. The molecule has 0 unspecified atom stereocenters. The van der Waals surface area contributed by atoms with Gasteiger partial charge in [0.05, 0.1) is 17.3 Å². The molecular weight excluding hydrogens is 422 g/mol. The Balaban J connectivity index is 4.30. The minimum absolute atomic E-state index is 0.0279. The van der Waals surface area contributed by atoms with Crippen LogP contribution in [-0.2, 0) is 13.9 Å². The second kappa shape index (κ2) is 10.3. The molecule has 0 saturated carbocycles. The maximum atomic E-state index is 11.4. The lowest BCUT2D eigenvalue weighted by atomic mass is 10.3. The number of amides is 3. The van der Waals surface area contributed by atoms with Crippen LogP contribution in [0.5, 0.6) is 0 Å². The molecule has 0 aromatic rings. The quantitative estimate of drug-likeness (QED) is 0.0584. The Labute approximate surface area is 152 Å². The first-order valence-electron chi connectivity index (χ1n) is 6.90. The van der Waals surface area contributed by atoms with E-state index in [9.17, 15) is 28.7 Å². The second-order valence-corrected chi connectivity index (χ2v) is 9.29. The minimum atomic E-state index is -5.55. The summed E-state index contributed by atoms with van der Waals surface area (Å²) in [4.78, 5) is 69.5. The van der Waals surface area contributed by atoms with Crippen molar-refractivity contribution in [1.29, 1.82) is 0 Å². The molecule has 0 atom stereocenters. The number of hydrazine groups is 1. The monoisotopic (exact) mass is 441 g/mol. The molecule has 26 heavy (non-hydrogen) atoms. The van der Waals surface area contributed by atoms with Crippen LogP contribution in [0.2, 0.25) is 0 Å². The van der Waals surface area contributed by atoms with Crippen LogP contribution in [0, 0.1) is 4.91 Å². The van der Waals surface area contributed by atoms with Crippen molar-refractivity contribution in [3.05, 3.63) is 4.91 Å². The first-order valence-corrected chi connectivity index (χ1v) is 10.7. The molecule has 0 fully saturated rings. The predicted octanol–water partition coefficient (Wildman–Crippen LogP) is -1.88. The van der Waals surface area contributed by atoms with Gasteiger partial charge in [-0.05, 0) is 6.42 Å². The smallest absolute Gasteiger partial charge is 0.368 e. The molecular formula is C9H20ClN4O10P2+. The zero-order valence-corrected chi connectivity index (χ0v) is 15.8. The number of alkyl halides is 1. The fourth-order valence-electron chi connectivity index (χ4n) is 1.52. The lowest BCUT2D eigenvalue weighted by Crippen LogP contribution is -2.45. The van der Waals surface area contributed by atoms with E-state index in [1.165, 1.54) is 0 Å². The number of hydrogen-bond donors (Lipinski definition) is 8. The maximum Gasteiger partial charge on any atom is 0.371 e. The number of hydrogen-bond acceptors (Lipinski definition) is 6. The molecule has 0 aromatic carbocycles. The average Bonchev–Trinajstić information content (AvgIpc) is 2.47. The molecule has 0 aliphatic carbocycles. The van der Waals surface area contributed by atoms with Crippen molar-refractivity contribution < 1.29 is 48.3 Å². The first-order chi connectivity index (χ1) is 11.7. The average molecular weight is 442 g/mol. The Morgan fingerprint density at radius 3 is 2.08 bits per heavy atom. The number of nitroso groups, excluding NO2 is 1. The van der Waals surface area contributed by atoms with Gasteiger partial charge in [-0.3, -0.25) is 13.9 Å². The van der Waals surface area contributed by atoms with Crippen LogP contribution in [0.15, 0.2) is 0 Å². The Morgan fingerprint density at radius 1 is 1.08 bits per heavy atom. The van der Waals surface area contributed by atoms with Gasteiger partial charge in [0.25, 0.3) is 5.08 Å². The standard InChI is InChI=1S/C9H19ClN4O10P2/c10-3-5-14(18)13-8(16)12-6-7(15)11-4-1-2-9(17,25(19,20)21)26(22,23)24/h17H,1-6H2,(H6-,11,12,13,15,16,18,19,20,21,22,23,24)/p+1. The third-order valence-corrected chi connectivity index (χ3v) is 6.91. The minimum Gasteiger partial charge on any atom is -0.368 e. The summed E-state index contributed by atoms with van der Waals surface area (Å²) in [5.41, 5.74) is 1.81. The third-order valence-electron chi connectivity index (χ3n) is 2.87. The summed E-state index contributed by atoms with van der Waals surface area (Å²) in [6.45, 7) is -1.03. The number of rotatable bonds is 11. The summed E-state index contributed by atoms with van der Waals surface area (Å²) >= 11 is 5.27. The molecule has 17 heteroatoms. The first kappa shape index (κ1) is 24.9. The number of nitrogens with zero attached hydrogens (tertiary/aromatic N) is 1. The molecule has 152 valence electrons. The fourth-order valence-corrected chi connectivity index (χ4v) is 3.93. The van der Waals surface area contributed by atoms with E-state index in [0.717, 1.165) is 0 Å². The van der Waals surface area contributed by atoms with Crippen molar-refractivity contribution in [2.75, 3.05) is 25.5 Å². The van der Waals surface area contributed by atoms with E-state index < -0.39 is 45.2 Å². The van der Waals surface area contributed by atoms with Gasteiger partial charge in [0.1, 0.15) is 4.87 Å². The molecule has 8 N–H and O–H groups in total. The van der Waals surface area contributed by atoms with Crippen LogP contribution < -0.4 is 16.1 Å². The topological polar surface area (TPSA) is 226 Å². The second-order valence-electron chi connectivity index (χ2n) is 4.90. The van der Waals surface area contributed by atoms with Crippen LogP contribution in [0.3, 0.4) is 0 Å². The highest BCUT2D eigenvalue weighted by atomic mass is 35.5. The van der Waals surface area contributed by atoms with Gasteiger partial charge in [0.15, 0.2) is 0 Å². The predicted molar refractivity (Wildman–Crippen MR) is 87.0 cm³/mol. The highest BCUT2D eigenvalue weighted by Gasteiger charge is 2.58. The summed E-state index contributed by atoms with van der Waals surface area (Å²) in [5, 5.41) is 10.3. The van der Waals surface area contributed by atoms with Gasteiger partial charge >= 0.3 is 21.2 Å². The van der Waals surface area contributed by atoms with Gasteiger partial charge in [-0.1, -0.05) is 5.43 Å². The molecule has 14 nitrogen and oxygen atoms in total. The van der Waals surface area contributed by atoms with Gasteiger partial charge < -0.3 is 35.3 Å². The molecule has 0 radical (unpaired) electrons. The van der Waals surface area contributed by atoms with Gasteiger partial charge in [-0.2, -0.15) is 0 Å². The van der Waals surface area contributed by atoms with Crippen molar-refractivity contribution in [3.63, 3.8) is 0 Å². The summed E-state index contributed by atoms with van der Waals surface area (Å²) < 4.78 is 22.2. The fraction of sp³-hybridized carbons (Fsp3) is 0.778. The Hall–Kier alpha value is -1.11.